The van der Waals surface area contributed by atoms with Gasteiger partial charge >= 0.3 is 0 Å². The Morgan fingerprint density at radius 1 is 1.15 bits per heavy atom. The van der Waals surface area contributed by atoms with Crippen LogP contribution in [-0.2, 0) is 23.1 Å². The Balaban J connectivity index is 1.46. The topological polar surface area (TPSA) is 174 Å². The lowest BCUT2D eigenvalue weighted by molar-refractivity contribution is -0.255. The molecule has 5 atom stereocenters. The SMILES string of the molecule is COP(=O)([O-])OCCCCCCNC(=O)c1ccc(C(=O)[O-])c(C2C3C=CC(=O)C=C3OC3C=C(O)C=CC32)c1. The molecular weight excluding hydrogens is 541 g/mol. The zero-order chi connectivity index (χ0) is 28.9. The van der Waals surface area contributed by atoms with Crippen molar-refractivity contribution in [1.82, 2.24) is 5.32 Å². The number of phosphoric ester groups is 1. The molecule has 0 spiro atoms. The number of aliphatic hydroxyl groups excluding tert-OH is 1. The Kier molecular flexibility index (Phi) is 9.42. The van der Waals surface area contributed by atoms with Crippen LogP contribution in [0.15, 0.2) is 66.2 Å². The molecule has 1 saturated heterocycles. The largest absolute Gasteiger partial charge is 0.756 e. The number of unbranched alkanes of at least 4 members (excludes halogenated alkanes) is 3. The average molecular weight is 572 g/mol. The molecule has 0 bridgehead atoms. The molecule has 2 N–H and O–H groups in total. The van der Waals surface area contributed by atoms with Gasteiger partial charge < -0.3 is 39.0 Å². The Hall–Kier alpha value is -3.50. The van der Waals surface area contributed by atoms with Crippen LogP contribution in [0.1, 0.15) is 57.9 Å². The summed E-state index contributed by atoms with van der Waals surface area (Å²) in [4.78, 5) is 48.3. The first-order valence-corrected chi connectivity index (χ1v) is 14.4. The number of amides is 1. The van der Waals surface area contributed by atoms with Gasteiger partial charge in [-0.05, 0) is 48.8 Å². The number of phosphoric acid groups is 1. The zero-order valence-corrected chi connectivity index (χ0v) is 22.7. The fraction of sp³-hybridized carbons (Fsp3) is 0.393. The predicted molar refractivity (Wildman–Crippen MR) is 139 cm³/mol. The summed E-state index contributed by atoms with van der Waals surface area (Å²) in [5.41, 5.74) is 0.561. The number of ketones is 1. The van der Waals surface area contributed by atoms with Crippen LogP contribution in [0.3, 0.4) is 0 Å². The van der Waals surface area contributed by atoms with E-state index in [9.17, 15) is 34.1 Å². The maximum absolute atomic E-state index is 13.0. The van der Waals surface area contributed by atoms with Crippen molar-refractivity contribution in [3.05, 3.63) is 82.9 Å². The summed E-state index contributed by atoms with van der Waals surface area (Å²) in [5.74, 6) is -3.03. The van der Waals surface area contributed by atoms with E-state index in [0.29, 0.717) is 37.1 Å². The average Bonchev–Trinajstić information content (AvgIpc) is 2.92. The van der Waals surface area contributed by atoms with E-state index in [-0.39, 0.29) is 41.1 Å². The van der Waals surface area contributed by atoms with Crippen molar-refractivity contribution >= 4 is 25.5 Å². The molecule has 5 unspecified atom stereocenters. The number of allylic oxidation sites excluding steroid dienone is 4. The third kappa shape index (κ3) is 6.98. The lowest BCUT2D eigenvalue weighted by atomic mass is 9.68. The van der Waals surface area contributed by atoms with Crippen LogP contribution in [0.4, 0.5) is 0 Å². The number of aliphatic hydroxyl groups is 1. The van der Waals surface area contributed by atoms with Gasteiger partial charge in [0, 0.05) is 48.6 Å². The highest BCUT2D eigenvalue weighted by Gasteiger charge is 2.44. The number of ether oxygens (including phenoxy) is 1. The fourth-order valence-electron chi connectivity index (χ4n) is 5.15. The smallest absolute Gasteiger partial charge is 0.267 e. The van der Waals surface area contributed by atoms with Crippen LogP contribution >= 0.6 is 7.82 Å². The minimum absolute atomic E-state index is 0.00196. The van der Waals surface area contributed by atoms with Crippen LogP contribution < -0.4 is 15.3 Å². The second-order valence-electron chi connectivity index (χ2n) is 9.69. The molecule has 12 heteroatoms. The first-order chi connectivity index (χ1) is 19.1. The summed E-state index contributed by atoms with van der Waals surface area (Å²) in [6, 6.07) is 4.31. The number of fused-ring (bicyclic) bond motifs is 2. The van der Waals surface area contributed by atoms with Crippen molar-refractivity contribution in [2.45, 2.75) is 37.7 Å². The molecule has 214 valence electrons. The molecular formula is C28H30NO10P-2. The number of benzene rings is 1. The van der Waals surface area contributed by atoms with E-state index in [1.807, 2.05) is 0 Å². The van der Waals surface area contributed by atoms with Crippen molar-refractivity contribution < 1.29 is 47.8 Å². The summed E-state index contributed by atoms with van der Waals surface area (Å²) < 4.78 is 26.0. The number of carboxylic acid groups (broad SMARTS) is 1. The standard InChI is InChI=1S/C28H32NO10P/c1-37-40(35,36)38-13-5-3-2-4-12-29-27(32)17-6-9-20(28(33)34)23(14-17)26-21-10-7-18(30)15-24(21)39-25-16-19(31)8-11-22(25)26/h6-11,14-16,21-22,24,26,30H,2-5,12-13H2,1H3,(H,29,32)(H,33,34)(H,35,36)/p-2. The van der Waals surface area contributed by atoms with Crippen LogP contribution in [0.2, 0.25) is 0 Å². The number of carboxylic acids is 1. The lowest BCUT2D eigenvalue weighted by Crippen LogP contribution is -2.41. The maximum atomic E-state index is 13.0. The molecule has 1 fully saturated rings. The molecule has 1 aliphatic heterocycles. The fourth-order valence-corrected chi connectivity index (χ4v) is 5.61. The Bertz CT molecular complexity index is 1330. The summed E-state index contributed by atoms with van der Waals surface area (Å²) in [7, 11) is -3.19. The van der Waals surface area contributed by atoms with Gasteiger partial charge in [0.25, 0.3) is 13.7 Å². The van der Waals surface area contributed by atoms with E-state index in [1.54, 1.807) is 12.2 Å². The van der Waals surface area contributed by atoms with Gasteiger partial charge in [0.1, 0.15) is 17.6 Å². The molecule has 2 aliphatic carbocycles. The molecule has 0 aromatic heterocycles. The molecule has 0 saturated carbocycles. The number of rotatable bonds is 12. The molecule has 1 amide bonds. The molecule has 3 aliphatic rings. The van der Waals surface area contributed by atoms with E-state index in [1.165, 1.54) is 42.5 Å². The van der Waals surface area contributed by atoms with Crippen molar-refractivity contribution in [2.24, 2.45) is 11.8 Å². The monoisotopic (exact) mass is 571 g/mol. The van der Waals surface area contributed by atoms with Gasteiger partial charge in [-0.3, -0.25) is 14.2 Å². The Labute approximate surface area is 231 Å². The van der Waals surface area contributed by atoms with Gasteiger partial charge in [-0.1, -0.05) is 31.1 Å². The summed E-state index contributed by atoms with van der Waals surface area (Å²) in [6.07, 6.45) is 11.2. The van der Waals surface area contributed by atoms with Gasteiger partial charge in [-0.2, -0.15) is 0 Å². The first-order valence-electron chi connectivity index (χ1n) is 12.9. The maximum Gasteiger partial charge on any atom is 0.267 e. The van der Waals surface area contributed by atoms with E-state index in [0.717, 1.165) is 13.5 Å². The van der Waals surface area contributed by atoms with Crippen LogP contribution in [0, 0.1) is 11.8 Å². The minimum atomic E-state index is -4.22. The molecule has 0 radical (unpaired) electrons. The quantitative estimate of drug-likeness (QED) is 0.280. The molecule has 11 nitrogen and oxygen atoms in total. The highest BCUT2D eigenvalue weighted by molar-refractivity contribution is 7.45. The third-order valence-electron chi connectivity index (χ3n) is 7.08. The van der Waals surface area contributed by atoms with E-state index in [2.05, 4.69) is 14.4 Å². The molecule has 1 heterocycles. The number of aromatic carboxylic acids is 1. The second-order valence-corrected chi connectivity index (χ2v) is 11.2. The van der Waals surface area contributed by atoms with Gasteiger partial charge in [-0.25, -0.2) is 0 Å². The molecule has 1 aromatic carbocycles. The normalized spacial score (nSPS) is 24.6. The predicted octanol–water partition coefficient (Wildman–Crippen LogP) is 2.22. The zero-order valence-electron chi connectivity index (χ0n) is 21.8. The van der Waals surface area contributed by atoms with Crippen LogP contribution in [0.25, 0.3) is 0 Å². The van der Waals surface area contributed by atoms with Crippen molar-refractivity contribution in [1.29, 1.82) is 0 Å². The summed E-state index contributed by atoms with van der Waals surface area (Å²) in [5, 5.41) is 25.0. The number of carbonyl (C=O) groups excluding carboxylic acids is 3. The number of carbonyl (C=O) groups is 3. The van der Waals surface area contributed by atoms with Crippen LogP contribution in [0.5, 0.6) is 0 Å². The van der Waals surface area contributed by atoms with Gasteiger partial charge in [0.15, 0.2) is 5.78 Å². The Morgan fingerprint density at radius 3 is 2.67 bits per heavy atom. The highest BCUT2D eigenvalue weighted by Crippen LogP contribution is 2.49. The summed E-state index contributed by atoms with van der Waals surface area (Å²) in [6.45, 7) is 0.388. The van der Waals surface area contributed by atoms with Crippen LogP contribution in [-0.4, -0.2) is 49.1 Å². The first kappa shape index (κ1) is 29.5. The third-order valence-corrected chi connectivity index (χ3v) is 8.03. The highest BCUT2D eigenvalue weighted by atomic mass is 31.2. The lowest BCUT2D eigenvalue weighted by Gasteiger charge is -2.44. The molecule has 4 rings (SSSR count). The van der Waals surface area contributed by atoms with Gasteiger partial charge in [-0.15, -0.1) is 0 Å². The Morgan fingerprint density at radius 2 is 1.93 bits per heavy atom. The second kappa shape index (κ2) is 12.8. The van der Waals surface area contributed by atoms with E-state index < -0.39 is 31.7 Å². The van der Waals surface area contributed by atoms with Crippen molar-refractivity contribution in [3.63, 3.8) is 0 Å². The van der Waals surface area contributed by atoms with Gasteiger partial charge in [0.05, 0.1) is 12.6 Å². The molecule has 40 heavy (non-hydrogen) atoms. The number of hydrogen-bond acceptors (Lipinski definition) is 10. The summed E-state index contributed by atoms with van der Waals surface area (Å²) >= 11 is 0. The molecule has 1 aromatic rings. The minimum Gasteiger partial charge on any atom is -0.756 e. The number of nitrogens with one attached hydrogen (secondary N) is 1. The van der Waals surface area contributed by atoms with Gasteiger partial charge in [0.2, 0.25) is 0 Å². The van der Waals surface area contributed by atoms with E-state index >= 15 is 0 Å². The van der Waals surface area contributed by atoms with Crippen molar-refractivity contribution in [2.75, 3.05) is 20.3 Å². The number of hydrogen-bond donors (Lipinski definition) is 2. The van der Waals surface area contributed by atoms with E-state index in [4.69, 9.17) is 4.74 Å². The van der Waals surface area contributed by atoms with Crippen molar-refractivity contribution in [3.8, 4) is 0 Å².